The van der Waals surface area contributed by atoms with E-state index in [2.05, 4.69) is 15.6 Å². The minimum atomic E-state index is -0.945. The Morgan fingerprint density at radius 3 is 2.59 bits per heavy atom. The van der Waals surface area contributed by atoms with E-state index >= 15 is 0 Å². The second kappa shape index (κ2) is 12.0. The van der Waals surface area contributed by atoms with Crippen LogP contribution >= 0.6 is 0 Å². The van der Waals surface area contributed by atoms with Crippen molar-refractivity contribution in [1.82, 2.24) is 25.2 Å². The fraction of sp³-hybridized carbons (Fsp3) is 0.379. The quantitative estimate of drug-likeness (QED) is 0.325. The molecular formula is C29H33N5O5. The molecule has 2 amide bonds. The van der Waals surface area contributed by atoms with E-state index in [9.17, 15) is 9.59 Å². The van der Waals surface area contributed by atoms with Crippen LogP contribution in [0.3, 0.4) is 0 Å². The average molecular weight is 532 g/mol. The number of methoxy groups -OCH3 is 2. The molecule has 1 fully saturated rings. The fourth-order valence-electron chi connectivity index (χ4n) is 5.17. The molecule has 1 saturated carbocycles. The molecule has 39 heavy (non-hydrogen) atoms. The summed E-state index contributed by atoms with van der Waals surface area (Å²) < 4.78 is 18.1. The first kappa shape index (κ1) is 26.3. The third-order valence-corrected chi connectivity index (χ3v) is 7.17. The molecule has 2 aromatic carbocycles. The summed E-state index contributed by atoms with van der Waals surface area (Å²) in [5, 5.41) is 11.6. The van der Waals surface area contributed by atoms with E-state index in [-0.39, 0.29) is 30.9 Å². The predicted octanol–water partition coefficient (Wildman–Crippen LogP) is 4.26. The molecule has 5 rings (SSSR count). The van der Waals surface area contributed by atoms with Gasteiger partial charge < -0.3 is 24.1 Å². The van der Waals surface area contributed by atoms with Gasteiger partial charge in [-0.1, -0.05) is 42.7 Å². The summed E-state index contributed by atoms with van der Waals surface area (Å²) >= 11 is 0. The molecule has 0 radical (unpaired) electrons. The molecule has 204 valence electrons. The molecule has 0 unspecified atom stereocenters. The lowest BCUT2D eigenvalue weighted by Crippen LogP contribution is -2.47. The number of nitrogens with zero attached hydrogens (tertiary/aromatic N) is 4. The molecule has 2 aromatic heterocycles. The lowest BCUT2D eigenvalue weighted by molar-refractivity contribution is -0.142. The number of ether oxygens (including phenoxy) is 2. The number of amides is 2. The van der Waals surface area contributed by atoms with Gasteiger partial charge in [0.1, 0.15) is 23.9 Å². The monoisotopic (exact) mass is 531 g/mol. The van der Waals surface area contributed by atoms with E-state index in [4.69, 9.17) is 13.9 Å². The van der Waals surface area contributed by atoms with Crippen LogP contribution in [0.2, 0.25) is 0 Å². The smallest absolute Gasteiger partial charge is 0.247 e. The SMILES string of the molecule is COc1ccc([C@H](C(=O)NC2CCCCC2)N(Cc2ccco2)C(=O)Cn2nnc3ccccc32)cc1OC. The number of aromatic nitrogens is 3. The number of para-hydroxylation sites is 1. The van der Waals surface area contributed by atoms with Gasteiger partial charge >= 0.3 is 0 Å². The first-order chi connectivity index (χ1) is 19.1. The zero-order valence-electron chi connectivity index (χ0n) is 22.2. The van der Waals surface area contributed by atoms with Crippen molar-refractivity contribution in [3.8, 4) is 11.5 Å². The zero-order chi connectivity index (χ0) is 27.2. The predicted molar refractivity (Wildman–Crippen MR) is 144 cm³/mol. The third kappa shape index (κ3) is 5.89. The average Bonchev–Trinajstić information content (AvgIpc) is 3.63. The van der Waals surface area contributed by atoms with Gasteiger partial charge in [-0.3, -0.25) is 9.59 Å². The summed E-state index contributed by atoms with van der Waals surface area (Å²) in [5.41, 5.74) is 2.02. The van der Waals surface area contributed by atoms with Crippen molar-refractivity contribution in [2.24, 2.45) is 0 Å². The third-order valence-electron chi connectivity index (χ3n) is 7.17. The molecule has 10 heteroatoms. The maximum absolute atomic E-state index is 14.0. The minimum Gasteiger partial charge on any atom is -0.493 e. The van der Waals surface area contributed by atoms with Crippen LogP contribution in [0.1, 0.15) is 49.5 Å². The fourth-order valence-corrected chi connectivity index (χ4v) is 5.17. The van der Waals surface area contributed by atoms with Crippen LogP contribution in [0.5, 0.6) is 11.5 Å². The Labute approximate surface area is 226 Å². The second-order valence-electron chi connectivity index (χ2n) is 9.70. The van der Waals surface area contributed by atoms with Crippen molar-refractivity contribution in [1.29, 1.82) is 0 Å². The van der Waals surface area contributed by atoms with E-state index < -0.39 is 6.04 Å². The standard InChI is InChI=1S/C29H33N5O5/c1-37-25-15-14-20(17-26(25)38-2)28(29(36)30-21-9-4-3-5-10-21)33(18-22-11-8-16-39-22)27(35)19-34-24-13-7-6-12-23(24)31-32-34/h6-8,11-17,21,28H,3-5,9-10,18-19H2,1-2H3,(H,30,36)/t28-/m1/s1. The maximum atomic E-state index is 14.0. The van der Waals surface area contributed by atoms with Gasteiger partial charge in [-0.05, 0) is 54.8 Å². The molecule has 0 spiro atoms. The van der Waals surface area contributed by atoms with Gasteiger partial charge in [-0.2, -0.15) is 0 Å². The number of furan rings is 1. The Morgan fingerprint density at radius 1 is 1.05 bits per heavy atom. The van der Waals surface area contributed by atoms with Crippen molar-refractivity contribution in [3.05, 3.63) is 72.2 Å². The van der Waals surface area contributed by atoms with Crippen LogP contribution in [0.15, 0.2) is 65.3 Å². The van der Waals surface area contributed by atoms with Crippen LogP contribution in [-0.4, -0.2) is 52.0 Å². The normalized spacial score (nSPS) is 14.6. The van der Waals surface area contributed by atoms with E-state index in [1.165, 1.54) is 11.3 Å². The minimum absolute atomic E-state index is 0.0636. The molecule has 0 saturated heterocycles. The second-order valence-corrected chi connectivity index (χ2v) is 9.70. The van der Waals surface area contributed by atoms with Crippen molar-refractivity contribution in [2.45, 2.75) is 57.3 Å². The molecule has 4 aromatic rings. The van der Waals surface area contributed by atoms with Crippen LogP contribution in [-0.2, 0) is 22.7 Å². The Bertz CT molecular complexity index is 1410. The Morgan fingerprint density at radius 2 is 1.85 bits per heavy atom. The van der Waals surface area contributed by atoms with Crippen LogP contribution < -0.4 is 14.8 Å². The van der Waals surface area contributed by atoms with E-state index in [1.54, 1.807) is 55.5 Å². The lowest BCUT2D eigenvalue weighted by Gasteiger charge is -2.33. The molecule has 1 atom stereocenters. The molecule has 0 aliphatic heterocycles. The van der Waals surface area contributed by atoms with Crippen LogP contribution in [0.25, 0.3) is 11.0 Å². The lowest BCUT2D eigenvalue weighted by atomic mass is 9.94. The highest BCUT2D eigenvalue weighted by Gasteiger charge is 2.34. The Hall–Kier alpha value is -4.34. The molecule has 1 N–H and O–H groups in total. The first-order valence-corrected chi connectivity index (χ1v) is 13.2. The molecule has 0 bridgehead atoms. The van der Waals surface area contributed by atoms with Gasteiger partial charge in [0.15, 0.2) is 11.5 Å². The van der Waals surface area contributed by atoms with Crippen molar-refractivity contribution in [3.63, 3.8) is 0 Å². The molecule has 10 nitrogen and oxygen atoms in total. The molecule has 2 heterocycles. The summed E-state index contributed by atoms with van der Waals surface area (Å²) in [5.74, 6) is 1.00. The summed E-state index contributed by atoms with van der Waals surface area (Å²) in [7, 11) is 3.10. The van der Waals surface area contributed by atoms with Crippen molar-refractivity contribution >= 4 is 22.8 Å². The number of nitrogens with one attached hydrogen (secondary N) is 1. The summed E-state index contributed by atoms with van der Waals surface area (Å²) in [4.78, 5) is 29.6. The number of rotatable bonds is 10. The van der Waals surface area contributed by atoms with Crippen molar-refractivity contribution in [2.75, 3.05) is 14.2 Å². The van der Waals surface area contributed by atoms with Crippen molar-refractivity contribution < 1.29 is 23.5 Å². The van der Waals surface area contributed by atoms with Gasteiger partial charge in [0, 0.05) is 6.04 Å². The van der Waals surface area contributed by atoms with Gasteiger partial charge in [-0.15, -0.1) is 5.10 Å². The Kier molecular flexibility index (Phi) is 8.10. The van der Waals surface area contributed by atoms with Gasteiger partial charge in [-0.25, -0.2) is 4.68 Å². The first-order valence-electron chi connectivity index (χ1n) is 13.2. The summed E-state index contributed by atoms with van der Waals surface area (Å²) in [6.07, 6.45) is 6.70. The number of benzene rings is 2. The van der Waals surface area contributed by atoms with E-state index in [0.29, 0.717) is 28.3 Å². The molecule has 1 aliphatic rings. The number of carbonyl (C=O) groups excluding carboxylic acids is 2. The number of carbonyl (C=O) groups is 2. The van der Waals surface area contributed by atoms with E-state index in [0.717, 1.165) is 31.2 Å². The number of hydrogen-bond acceptors (Lipinski definition) is 7. The van der Waals surface area contributed by atoms with E-state index in [1.807, 2.05) is 24.3 Å². The largest absolute Gasteiger partial charge is 0.493 e. The maximum Gasteiger partial charge on any atom is 0.247 e. The summed E-state index contributed by atoms with van der Waals surface area (Å²) in [6, 6.07) is 15.4. The van der Waals surface area contributed by atoms with Gasteiger partial charge in [0.2, 0.25) is 11.8 Å². The van der Waals surface area contributed by atoms with Crippen LogP contribution in [0, 0.1) is 0 Å². The highest BCUT2D eigenvalue weighted by Crippen LogP contribution is 2.33. The van der Waals surface area contributed by atoms with Gasteiger partial charge in [0.25, 0.3) is 0 Å². The molecule has 1 aliphatic carbocycles. The van der Waals surface area contributed by atoms with Gasteiger partial charge in [0.05, 0.1) is 32.5 Å². The van der Waals surface area contributed by atoms with Crippen LogP contribution in [0.4, 0.5) is 0 Å². The summed E-state index contributed by atoms with van der Waals surface area (Å²) in [6.45, 7) is -0.00270. The highest BCUT2D eigenvalue weighted by atomic mass is 16.5. The zero-order valence-corrected chi connectivity index (χ0v) is 22.2. The molecular weight excluding hydrogens is 498 g/mol. The highest BCUT2D eigenvalue weighted by molar-refractivity contribution is 5.89. The number of hydrogen-bond donors (Lipinski definition) is 1. The number of fused-ring (bicyclic) bond motifs is 1. The Balaban J connectivity index is 1.53. The topological polar surface area (TPSA) is 112 Å².